The van der Waals surface area contributed by atoms with Gasteiger partial charge in [-0.15, -0.1) is 0 Å². The Bertz CT molecular complexity index is 312. The van der Waals surface area contributed by atoms with Crippen LogP contribution in [0.15, 0.2) is 0 Å². The van der Waals surface area contributed by atoms with Crippen molar-refractivity contribution in [3.8, 4) is 0 Å². The fraction of sp³-hybridized carbons (Fsp3) is 0.938. The smallest absolute Gasteiger partial charge is 0.225 e. The summed E-state index contributed by atoms with van der Waals surface area (Å²) in [5, 5.41) is 13.3. The molecule has 0 spiro atoms. The summed E-state index contributed by atoms with van der Waals surface area (Å²) >= 11 is 0. The number of likely N-dealkylation sites (tertiary alicyclic amines) is 1. The van der Waals surface area contributed by atoms with Crippen molar-refractivity contribution in [2.75, 3.05) is 19.6 Å². The topological polar surface area (TPSA) is 52.6 Å². The third-order valence-electron chi connectivity index (χ3n) is 4.08. The SMILES string of the molecule is CCCN1CC(NC(=O)C(C)(C)C)CC(C(O)CC)C1. The summed E-state index contributed by atoms with van der Waals surface area (Å²) in [7, 11) is 0. The lowest BCUT2D eigenvalue weighted by molar-refractivity contribution is -0.130. The van der Waals surface area contributed by atoms with Crippen molar-refractivity contribution in [2.24, 2.45) is 11.3 Å². The maximum Gasteiger partial charge on any atom is 0.225 e. The summed E-state index contributed by atoms with van der Waals surface area (Å²) in [6.07, 6.45) is 2.51. The number of nitrogens with one attached hydrogen (secondary N) is 1. The fourth-order valence-corrected chi connectivity index (χ4v) is 2.85. The van der Waals surface area contributed by atoms with E-state index >= 15 is 0 Å². The minimum atomic E-state index is -0.355. The molecule has 1 amide bonds. The first-order chi connectivity index (χ1) is 9.27. The molecule has 4 heteroatoms. The normalized spacial score (nSPS) is 26.3. The highest BCUT2D eigenvalue weighted by molar-refractivity contribution is 5.81. The molecule has 0 bridgehead atoms. The molecular formula is C16H32N2O2. The minimum Gasteiger partial charge on any atom is -0.393 e. The van der Waals surface area contributed by atoms with Crippen molar-refractivity contribution in [2.45, 2.75) is 66.0 Å². The number of carbonyl (C=O) groups excluding carboxylic acids is 1. The van der Waals surface area contributed by atoms with Gasteiger partial charge in [-0.05, 0) is 31.7 Å². The maximum absolute atomic E-state index is 12.2. The molecule has 1 heterocycles. The third-order valence-corrected chi connectivity index (χ3v) is 4.08. The van der Waals surface area contributed by atoms with E-state index in [1.54, 1.807) is 0 Å². The van der Waals surface area contributed by atoms with Crippen LogP contribution in [0.1, 0.15) is 53.9 Å². The second-order valence-corrected chi connectivity index (χ2v) is 7.15. The number of aliphatic hydroxyl groups excluding tert-OH is 1. The zero-order valence-corrected chi connectivity index (χ0v) is 13.8. The largest absolute Gasteiger partial charge is 0.393 e. The number of hydrogen-bond acceptors (Lipinski definition) is 3. The molecule has 0 aromatic heterocycles. The van der Waals surface area contributed by atoms with E-state index in [1.807, 2.05) is 27.7 Å². The van der Waals surface area contributed by atoms with E-state index in [4.69, 9.17) is 0 Å². The van der Waals surface area contributed by atoms with Gasteiger partial charge in [-0.25, -0.2) is 0 Å². The summed E-state index contributed by atoms with van der Waals surface area (Å²) in [5.41, 5.74) is -0.355. The van der Waals surface area contributed by atoms with Crippen LogP contribution in [0.2, 0.25) is 0 Å². The predicted molar refractivity (Wildman–Crippen MR) is 82.5 cm³/mol. The van der Waals surface area contributed by atoms with Gasteiger partial charge >= 0.3 is 0 Å². The Balaban J connectivity index is 2.67. The van der Waals surface area contributed by atoms with E-state index < -0.39 is 0 Å². The molecular weight excluding hydrogens is 252 g/mol. The molecule has 1 fully saturated rings. The Morgan fingerprint density at radius 1 is 1.35 bits per heavy atom. The Hall–Kier alpha value is -0.610. The Labute approximate surface area is 123 Å². The molecule has 118 valence electrons. The van der Waals surface area contributed by atoms with Gasteiger partial charge in [0.25, 0.3) is 0 Å². The van der Waals surface area contributed by atoms with Crippen LogP contribution in [0.25, 0.3) is 0 Å². The Kier molecular flexibility index (Phi) is 6.46. The molecule has 20 heavy (non-hydrogen) atoms. The first-order valence-electron chi connectivity index (χ1n) is 7.99. The van der Waals surface area contributed by atoms with Crippen molar-refractivity contribution in [1.82, 2.24) is 10.2 Å². The number of nitrogens with zero attached hydrogens (tertiary/aromatic N) is 1. The number of hydrogen-bond donors (Lipinski definition) is 2. The highest BCUT2D eigenvalue weighted by Crippen LogP contribution is 2.23. The number of rotatable bonds is 5. The van der Waals surface area contributed by atoms with Gasteiger partial charge in [0.15, 0.2) is 0 Å². The van der Waals surface area contributed by atoms with Crippen LogP contribution >= 0.6 is 0 Å². The van der Waals surface area contributed by atoms with Gasteiger partial charge < -0.3 is 15.3 Å². The van der Waals surface area contributed by atoms with Gasteiger partial charge in [-0.2, -0.15) is 0 Å². The number of carbonyl (C=O) groups is 1. The van der Waals surface area contributed by atoms with Crippen LogP contribution in [0.5, 0.6) is 0 Å². The Morgan fingerprint density at radius 3 is 2.50 bits per heavy atom. The molecule has 3 unspecified atom stereocenters. The zero-order valence-electron chi connectivity index (χ0n) is 13.8. The summed E-state index contributed by atoms with van der Waals surface area (Å²) < 4.78 is 0. The van der Waals surface area contributed by atoms with Gasteiger partial charge in [-0.3, -0.25) is 4.79 Å². The lowest BCUT2D eigenvalue weighted by atomic mass is 9.87. The lowest BCUT2D eigenvalue weighted by Gasteiger charge is -2.40. The van der Waals surface area contributed by atoms with Gasteiger partial charge in [0.05, 0.1) is 6.10 Å². The molecule has 1 aliphatic heterocycles. The van der Waals surface area contributed by atoms with Crippen molar-refractivity contribution < 1.29 is 9.90 Å². The van der Waals surface area contributed by atoms with Gasteiger partial charge in [0, 0.05) is 24.5 Å². The van der Waals surface area contributed by atoms with E-state index in [9.17, 15) is 9.90 Å². The highest BCUT2D eigenvalue weighted by atomic mass is 16.3. The summed E-state index contributed by atoms with van der Waals surface area (Å²) in [4.78, 5) is 14.5. The fourth-order valence-electron chi connectivity index (χ4n) is 2.85. The van der Waals surface area contributed by atoms with Gasteiger partial charge in [-0.1, -0.05) is 34.6 Å². The van der Waals surface area contributed by atoms with Crippen LogP contribution in [0.3, 0.4) is 0 Å². The lowest BCUT2D eigenvalue weighted by Crippen LogP contribution is -2.54. The quantitative estimate of drug-likeness (QED) is 0.812. The van der Waals surface area contributed by atoms with Crippen molar-refractivity contribution >= 4 is 5.91 Å². The predicted octanol–water partition coefficient (Wildman–Crippen LogP) is 2.02. The van der Waals surface area contributed by atoms with E-state index in [1.165, 1.54) is 0 Å². The highest BCUT2D eigenvalue weighted by Gasteiger charge is 2.33. The zero-order chi connectivity index (χ0) is 15.3. The van der Waals surface area contributed by atoms with Crippen LogP contribution in [-0.4, -0.2) is 47.7 Å². The monoisotopic (exact) mass is 284 g/mol. The van der Waals surface area contributed by atoms with Crippen molar-refractivity contribution in [1.29, 1.82) is 0 Å². The Morgan fingerprint density at radius 2 is 2.00 bits per heavy atom. The molecule has 0 saturated carbocycles. The van der Waals surface area contributed by atoms with E-state index in [0.717, 1.165) is 38.9 Å². The average Bonchev–Trinajstić information content (AvgIpc) is 2.36. The van der Waals surface area contributed by atoms with Crippen molar-refractivity contribution in [3.63, 3.8) is 0 Å². The van der Waals surface area contributed by atoms with Gasteiger partial charge in [0.1, 0.15) is 0 Å². The van der Waals surface area contributed by atoms with Crippen molar-refractivity contribution in [3.05, 3.63) is 0 Å². The first-order valence-corrected chi connectivity index (χ1v) is 7.99. The number of piperidine rings is 1. The number of amides is 1. The molecule has 1 saturated heterocycles. The molecule has 3 atom stereocenters. The third kappa shape index (κ3) is 5.06. The number of aliphatic hydroxyl groups is 1. The standard InChI is InChI=1S/C16H32N2O2/c1-6-8-18-10-12(14(19)7-2)9-13(11-18)17-15(20)16(3,4)5/h12-14,19H,6-11H2,1-5H3,(H,17,20). The molecule has 4 nitrogen and oxygen atoms in total. The molecule has 0 aliphatic carbocycles. The molecule has 1 rings (SSSR count). The van der Waals surface area contributed by atoms with Crippen LogP contribution in [-0.2, 0) is 4.79 Å². The second-order valence-electron chi connectivity index (χ2n) is 7.15. The van der Waals surface area contributed by atoms with E-state index in [2.05, 4.69) is 17.1 Å². The summed E-state index contributed by atoms with van der Waals surface area (Å²) in [6, 6.07) is 0.160. The van der Waals surface area contributed by atoms with E-state index in [-0.39, 0.29) is 29.4 Å². The average molecular weight is 284 g/mol. The maximum atomic E-state index is 12.2. The summed E-state index contributed by atoms with van der Waals surface area (Å²) in [5.74, 6) is 0.371. The first kappa shape index (κ1) is 17.4. The van der Waals surface area contributed by atoms with Crippen LogP contribution < -0.4 is 5.32 Å². The molecule has 2 N–H and O–H groups in total. The molecule has 0 aromatic rings. The van der Waals surface area contributed by atoms with Crippen LogP contribution in [0, 0.1) is 11.3 Å². The molecule has 1 aliphatic rings. The minimum absolute atomic E-state index is 0.102. The molecule has 0 aromatic carbocycles. The van der Waals surface area contributed by atoms with E-state index in [0.29, 0.717) is 0 Å². The van der Waals surface area contributed by atoms with Gasteiger partial charge in [0.2, 0.25) is 5.91 Å². The summed E-state index contributed by atoms with van der Waals surface area (Å²) in [6.45, 7) is 12.9. The second kappa shape index (κ2) is 7.41. The molecule has 0 radical (unpaired) electrons. The van der Waals surface area contributed by atoms with Crippen LogP contribution in [0.4, 0.5) is 0 Å².